The Labute approximate surface area is 142 Å². The van der Waals surface area contributed by atoms with E-state index in [4.69, 9.17) is 18.6 Å². The lowest BCUT2D eigenvalue weighted by atomic mass is 10.1. The van der Waals surface area contributed by atoms with Crippen LogP contribution in [0, 0.1) is 0 Å². The summed E-state index contributed by atoms with van der Waals surface area (Å²) in [5.74, 6) is 0.436. The molecule has 7 heteroatoms. The second-order valence-electron chi connectivity index (χ2n) is 5.19. The fourth-order valence-corrected chi connectivity index (χ4v) is 2.61. The van der Waals surface area contributed by atoms with Crippen molar-refractivity contribution in [3.05, 3.63) is 40.6 Å². The fraction of sp³-hybridized carbons (Fsp3) is 0.167. The van der Waals surface area contributed by atoms with Crippen molar-refractivity contribution >= 4 is 11.0 Å². The van der Waals surface area contributed by atoms with Crippen molar-refractivity contribution < 1.29 is 28.8 Å². The molecule has 3 aromatic rings. The van der Waals surface area contributed by atoms with Gasteiger partial charge in [-0.2, -0.15) is 0 Å². The molecule has 0 unspecified atom stereocenters. The van der Waals surface area contributed by atoms with Crippen LogP contribution in [0.5, 0.6) is 28.7 Å². The van der Waals surface area contributed by atoms with Gasteiger partial charge in [-0.3, -0.25) is 4.79 Å². The highest BCUT2D eigenvalue weighted by Crippen LogP contribution is 2.41. The zero-order chi connectivity index (χ0) is 18.1. The summed E-state index contributed by atoms with van der Waals surface area (Å²) in [5.41, 5.74) is -0.0301. The Balaban J connectivity index is 2.34. The van der Waals surface area contributed by atoms with Crippen LogP contribution in [0.15, 0.2) is 39.5 Å². The van der Waals surface area contributed by atoms with Crippen LogP contribution >= 0.6 is 0 Å². The molecule has 1 aromatic heterocycles. The van der Waals surface area contributed by atoms with E-state index in [0.29, 0.717) is 17.1 Å². The molecular weight excluding hydrogens is 328 g/mol. The number of phenolic OH excluding ortho intramolecular Hbond substituents is 2. The van der Waals surface area contributed by atoms with Crippen LogP contribution in [0.25, 0.3) is 22.3 Å². The van der Waals surface area contributed by atoms with E-state index in [2.05, 4.69) is 0 Å². The molecule has 1 heterocycles. The summed E-state index contributed by atoms with van der Waals surface area (Å²) < 4.78 is 21.3. The number of hydrogen-bond acceptors (Lipinski definition) is 7. The smallest absolute Gasteiger partial charge is 0.204 e. The van der Waals surface area contributed by atoms with Gasteiger partial charge in [-0.1, -0.05) is 0 Å². The summed E-state index contributed by atoms with van der Waals surface area (Å²) in [4.78, 5) is 12.5. The first-order chi connectivity index (χ1) is 12.0. The predicted molar refractivity (Wildman–Crippen MR) is 90.9 cm³/mol. The molecule has 0 bridgehead atoms. The molecule has 0 saturated carbocycles. The molecule has 130 valence electrons. The average molecular weight is 344 g/mol. The van der Waals surface area contributed by atoms with Crippen molar-refractivity contribution in [2.24, 2.45) is 0 Å². The van der Waals surface area contributed by atoms with Crippen LogP contribution in [0.1, 0.15) is 0 Å². The molecule has 7 nitrogen and oxygen atoms in total. The van der Waals surface area contributed by atoms with Gasteiger partial charge < -0.3 is 28.8 Å². The molecule has 0 atom stereocenters. The zero-order valence-electron chi connectivity index (χ0n) is 13.8. The predicted octanol–water partition coefficient (Wildman–Crippen LogP) is 2.90. The van der Waals surface area contributed by atoms with Gasteiger partial charge in [-0.15, -0.1) is 0 Å². The van der Waals surface area contributed by atoms with Crippen molar-refractivity contribution in [1.29, 1.82) is 0 Å². The lowest BCUT2D eigenvalue weighted by molar-refractivity contribution is 0.367. The minimum absolute atomic E-state index is 0.0424. The molecule has 0 aliphatic heterocycles. The van der Waals surface area contributed by atoms with E-state index in [-0.39, 0.29) is 28.2 Å². The van der Waals surface area contributed by atoms with E-state index in [1.54, 1.807) is 18.2 Å². The maximum Gasteiger partial charge on any atom is 0.204 e. The van der Waals surface area contributed by atoms with Gasteiger partial charge in [0.2, 0.25) is 5.75 Å². The Morgan fingerprint density at radius 3 is 2.32 bits per heavy atom. The molecule has 3 rings (SSSR count). The number of rotatable bonds is 4. The van der Waals surface area contributed by atoms with Crippen LogP contribution in [-0.4, -0.2) is 31.5 Å². The van der Waals surface area contributed by atoms with Crippen molar-refractivity contribution in [2.45, 2.75) is 0 Å². The summed E-state index contributed by atoms with van der Waals surface area (Å²) in [5, 5.41) is 19.8. The SMILES string of the molecule is COc1ccc(-c2cc(=O)c3c(O)cc(O)c(OC)c3o2)c(OC)c1. The Morgan fingerprint density at radius 1 is 0.920 bits per heavy atom. The first-order valence-electron chi connectivity index (χ1n) is 7.29. The van der Waals surface area contributed by atoms with E-state index in [0.717, 1.165) is 6.07 Å². The maximum absolute atomic E-state index is 12.5. The topological polar surface area (TPSA) is 98.4 Å². The lowest BCUT2D eigenvalue weighted by Crippen LogP contribution is -2.03. The highest BCUT2D eigenvalue weighted by Gasteiger charge is 2.20. The van der Waals surface area contributed by atoms with Gasteiger partial charge >= 0.3 is 0 Å². The number of methoxy groups -OCH3 is 3. The third-order valence-electron chi connectivity index (χ3n) is 3.79. The first-order valence-corrected chi connectivity index (χ1v) is 7.29. The van der Waals surface area contributed by atoms with Gasteiger partial charge in [0, 0.05) is 18.2 Å². The van der Waals surface area contributed by atoms with Crippen LogP contribution in [0.3, 0.4) is 0 Å². The number of benzene rings is 2. The van der Waals surface area contributed by atoms with E-state index >= 15 is 0 Å². The van der Waals surface area contributed by atoms with E-state index in [1.807, 2.05) is 0 Å². The van der Waals surface area contributed by atoms with Gasteiger partial charge in [0.05, 0.1) is 26.9 Å². The van der Waals surface area contributed by atoms with Crippen molar-refractivity contribution in [2.75, 3.05) is 21.3 Å². The van der Waals surface area contributed by atoms with Gasteiger partial charge in [0.15, 0.2) is 16.8 Å². The summed E-state index contributed by atoms with van der Waals surface area (Å²) in [6.45, 7) is 0. The Hall–Kier alpha value is -3.35. The van der Waals surface area contributed by atoms with Crippen molar-refractivity contribution in [3.63, 3.8) is 0 Å². The highest BCUT2D eigenvalue weighted by atomic mass is 16.5. The molecule has 0 aliphatic carbocycles. The van der Waals surface area contributed by atoms with E-state index in [9.17, 15) is 15.0 Å². The standard InChI is InChI=1S/C18H16O7/c1-22-9-4-5-10(14(6-9)23-2)15-8-12(20)16-11(19)7-13(21)17(24-3)18(16)25-15/h4-8,19,21H,1-3H3. The quantitative estimate of drug-likeness (QED) is 0.751. The van der Waals surface area contributed by atoms with Crippen LogP contribution < -0.4 is 19.6 Å². The molecule has 0 spiro atoms. The molecular formula is C18H16O7. The summed E-state index contributed by atoms with van der Waals surface area (Å²) in [6, 6.07) is 7.29. The highest BCUT2D eigenvalue weighted by molar-refractivity contribution is 5.91. The Kier molecular flexibility index (Phi) is 4.14. The minimum atomic E-state index is -0.482. The van der Waals surface area contributed by atoms with Gasteiger partial charge in [0.1, 0.15) is 28.4 Å². The molecule has 2 aromatic carbocycles. The number of aromatic hydroxyl groups is 2. The maximum atomic E-state index is 12.5. The van der Waals surface area contributed by atoms with E-state index in [1.165, 1.54) is 27.4 Å². The van der Waals surface area contributed by atoms with Crippen LogP contribution in [-0.2, 0) is 0 Å². The molecule has 0 saturated heterocycles. The molecule has 0 aliphatic rings. The lowest BCUT2D eigenvalue weighted by Gasteiger charge is -2.12. The monoisotopic (exact) mass is 344 g/mol. The normalized spacial score (nSPS) is 10.7. The molecule has 2 N–H and O–H groups in total. The second kappa shape index (κ2) is 6.27. The van der Waals surface area contributed by atoms with Gasteiger partial charge in [-0.25, -0.2) is 0 Å². The van der Waals surface area contributed by atoms with Crippen LogP contribution in [0.4, 0.5) is 0 Å². The number of phenols is 2. The van der Waals surface area contributed by atoms with Gasteiger partial charge in [0.25, 0.3) is 0 Å². The van der Waals surface area contributed by atoms with Crippen LogP contribution in [0.2, 0.25) is 0 Å². The molecule has 0 fully saturated rings. The minimum Gasteiger partial charge on any atom is -0.507 e. The number of fused-ring (bicyclic) bond motifs is 1. The largest absolute Gasteiger partial charge is 0.507 e. The molecule has 25 heavy (non-hydrogen) atoms. The molecule has 0 amide bonds. The first kappa shape index (κ1) is 16.5. The fourth-order valence-electron chi connectivity index (χ4n) is 2.61. The summed E-state index contributed by atoms with van der Waals surface area (Å²) in [6.07, 6.45) is 0. The van der Waals surface area contributed by atoms with Gasteiger partial charge in [-0.05, 0) is 12.1 Å². The number of ether oxygens (including phenoxy) is 3. The third-order valence-corrected chi connectivity index (χ3v) is 3.79. The Morgan fingerprint density at radius 2 is 1.68 bits per heavy atom. The number of hydrogen-bond donors (Lipinski definition) is 2. The Bertz CT molecular complexity index is 1000. The average Bonchev–Trinajstić information content (AvgIpc) is 2.60. The zero-order valence-corrected chi connectivity index (χ0v) is 13.8. The van der Waals surface area contributed by atoms with Crippen molar-refractivity contribution in [1.82, 2.24) is 0 Å². The van der Waals surface area contributed by atoms with Crippen molar-refractivity contribution in [3.8, 4) is 40.1 Å². The third kappa shape index (κ3) is 2.69. The van der Waals surface area contributed by atoms with E-state index < -0.39 is 11.2 Å². The summed E-state index contributed by atoms with van der Waals surface area (Å²) >= 11 is 0. The second-order valence-corrected chi connectivity index (χ2v) is 5.19. The molecule has 0 radical (unpaired) electrons. The summed E-state index contributed by atoms with van der Waals surface area (Å²) in [7, 11) is 4.34.